The third-order valence-corrected chi connectivity index (χ3v) is 2.94. The summed E-state index contributed by atoms with van der Waals surface area (Å²) in [4.78, 5) is 14.1. The minimum absolute atomic E-state index is 0.198. The molecule has 0 aliphatic carbocycles. The van der Waals surface area contributed by atoms with Gasteiger partial charge in [-0.05, 0) is 19.1 Å². The van der Waals surface area contributed by atoms with E-state index in [0.717, 1.165) is 0 Å². The van der Waals surface area contributed by atoms with Gasteiger partial charge in [0.1, 0.15) is 5.82 Å². The van der Waals surface area contributed by atoms with E-state index in [9.17, 15) is 9.18 Å². The largest absolute Gasteiger partial charge is 0.383 e. The zero-order valence-electron chi connectivity index (χ0n) is 12.4. The quantitative estimate of drug-likeness (QED) is 0.798. The first-order chi connectivity index (χ1) is 10.2. The predicted octanol–water partition coefficient (Wildman–Crippen LogP) is 2.26. The van der Waals surface area contributed by atoms with E-state index in [0.29, 0.717) is 26.2 Å². The molecule has 5 nitrogen and oxygen atoms in total. The standard InChI is InChI=1S/C15H20FN3O2/c1-3-18-14-12(6-4-7-13(14)16)15(20)19(9-5-8-17)10-11-21-2/h4,6-7,18H,3,5,9-11H2,1-2H3. The molecule has 0 saturated carbocycles. The number of carbonyl (C=O) groups excluding carboxylic acids is 1. The van der Waals surface area contributed by atoms with E-state index < -0.39 is 5.82 Å². The molecule has 0 radical (unpaired) electrons. The molecule has 1 amide bonds. The number of nitrogens with one attached hydrogen (secondary N) is 1. The molecule has 1 N–H and O–H groups in total. The van der Waals surface area contributed by atoms with E-state index >= 15 is 0 Å². The first kappa shape index (κ1) is 16.9. The second-order valence-corrected chi connectivity index (χ2v) is 4.39. The zero-order chi connectivity index (χ0) is 15.7. The molecule has 0 heterocycles. The molecule has 1 rings (SSSR count). The fourth-order valence-electron chi connectivity index (χ4n) is 1.93. The van der Waals surface area contributed by atoms with Crippen molar-refractivity contribution in [3.63, 3.8) is 0 Å². The first-order valence-corrected chi connectivity index (χ1v) is 6.83. The lowest BCUT2D eigenvalue weighted by atomic mass is 10.1. The van der Waals surface area contributed by atoms with E-state index in [1.165, 1.54) is 17.0 Å². The van der Waals surface area contributed by atoms with Gasteiger partial charge < -0.3 is 15.0 Å². The number of halogens is 1. The summed E-state index contributed by atoms with van der Waals surface area (Å²) >= 11 is 0. The van der Waals surface area contributed by atoms with Crippen LogP contribution in [0.25, 0.3) is 0 Å². The molecule has 114 valence electrons. The summed E-state index contributed by atoms with van der Waals surface area (Å²) < 4.78 is 18.8. The lowest BCUT2D eigenvalue weighted by Gasteiger charge is -2.23. The Labute approximate surface area is 124 Å². The highest BCUT2D eigenvalue weighted by atomic mass is 19.1. The third kappa shape index (κ3) is 4.72. The lowest BCUT2D eigenvalue weighted by molar-refractivity contribution is 0.0700. The molecule has 0 spiro atoms. The van der Waals surface area contributed by atoms with Gasteiger partial charge in [-0.25, -0.2) is 4.39 Å². The number of anilines is 1. The van der Waals surface area contributed by atoms with Crippen molar-refractivity contribution in [1.29, 1.82) is 5.26 Å². The minimum Gasteiger partial charge on any atom is -0.383 e. The number of benzene rings is 1. The SMILES string of the molecule is CCNc1c(F)cccc1C(=O)N(CCC#N)CCOC. The summed E-state index contributed by atoms with van der Waals surface area (Å²) in [5, 5.41) is 11.6. The normalized spacial score (nSPS) is 10.0. The summed E-state index contributed by atoms with van der Waals surface area (Å²) in [5.41, 5.74) is 0.468. The van der Waals surface area contributed by atoms with Gasteiger partial charge in [0.2, 0.25) is 0 Å². The smallest absolute Gasteiger partial charge is 0.256 e. The second-order valence-electron chi connectivity index (χ2n) is 4.39. The number of carbonyl (C=O) groups is 1. The van der Waals surface area contributed by atoms with Crippen molar-refractivity contribution >= 4 is 11.6 Å². The van der Waals surface area contributed by atoms with Gasteiger partial charge in [0.25, 0.3) is 5.91 Å². The van der Waals surface area contributed by atoms with Gasteiger partial charge in [0.05, 0.1) is 30.3 Å². The molecule has 0 aliphatic heterocycles. The number of methoxy groups -OCH3 is 1. The van der Waals surface area contributed by atoms with Crippen LogP contribution in [0, 0.1) is 17.1 Å². The molecule has 1 aromatic carbocycles. The number of ether oxygens (including phenoxy) is 1. The molecule has 0 bridgehead atoms. The molecule has 6 heteroatoms. The van der Waals surface area contributed by atoms with Crippen LogP contribution >= 0.6 is 0 Å². The maximum absolute atomic E-state index is 13.9. The first-order valence-electron chi connectivity index (χ1n) is 6.83. The third-order valence-electron chi connectivity index (χ3n) is 2.94. The molecule has 0 saturated heterocycles. The monoisotopic (exact) mass is 293 g/mol. The highest BCUT2D eigenvalue weighted by molar-refractivity contribution is 5.99. The van der Waals surface area contributed by atoms with Crippen LogP contribution in [0.5, 0.6) is 0 Å². The van der Waals surface area contributed by atoms with Crippen LogP contribution in [0.15, 0.2) is 18.2 Å². The Kier molecular flexibility index (Phi) is 7.19. The van der Waals surface area contributed by atoms with E-state index in [1.807, 2.05) is 13.0 Å². The van der Waals surface area contributed by atoms with Crippen molar-refractivity contribution in [2.45, 2.75) is 13.3 Å². The molecular weight excluding hydrogens is 273 g/mol. The second kappa shape index (κ2) is 8.93. The molecule has 1 aromatic rings. The average molecular weight is 293 g/mol. The van der Waals surface area contributed by atoms with Crippen LogP contribution in [0.1, 0.15) is 23.7 Å². The minimum atomic E-state index is -0.463. The Morgan fingerprint density at radius 3 is 2.86 bits per heavy atom. The van der Waals surface area contributed by atoms with Crippen LogP contribution in [-0.2, 0) is 4.74 Å². The zero-order valence-corrected chi connectivity index (χ0v) is 12.4. The summed E-state index contributed by atoms with van der Waals surface area (Å²) in [6, 6.07) is 6.40. The highest BCUT2D eigenvalue weighted by Gasteiger charge is 2.20. The fourth-order valence-corrected chi connectivity index (χ4v) is 1.93. The fraction of sp³-hybridized carbons (Fsp3) is 0.467. The van der Waals surface area contributed by atoms with Gasteiger partial charge in [0, 0.05) is 26.7 Å². The van der Waals surface area contributed by atoms with Gasteiger partial charge in [-0.1, -0.05) is 6.07 Å². The molecule has 0 fully saturated rings. The van der Waals surface area contributed by atoms with Gasteiger partial charge in [0.15, 0.2) is 0 Å². The summed E-state index contributed by atoms with van der Waals surface area (Å²) in [6.45, 7) is 3.36. The highest BCUT2D eigenvalue weighted by Crippen LogP contribution is 2.21. The van der Waals surface area contributed by atoms with Crippen molar-refractivity contribution in [2.24, 2.45) is 0 Å². The van der Waals surface area contributed by atoms with Crippen molar-refractivity contribution in [3.8, 4) is 6.07 Å². The molecular formula is C15H20FN3O2. The molecule has 0 atom stereocenters. The Bertz CT molecular complexity index is 514. The molecule has 0 aliphatic rings. The predicted molar refractivity (Wildman–Crippen MR) is 78.6 cm³/mol. The van der Waals surface area contributed by atoms with Crippen LogP contribution in [0.4, 0.5) is 10.1 Å². The lowest BCUT2D eigenvalue weighted by Crippen LogP contribution is -2.35. The number of para-hydroxylation sites is 1. The van der Waals surface area contributed by atoms with E-state index in [1.54, 1.807) is 13.2 Å². The van der Waals surface area contributed by atoms with Crippen molar-refractivity contribution < 1.29 is 13.9 Å². The number of amides is 1. The number of hydrogen-bond donors (Lipinski definition) is 1. The molecule has 0 aromatic heterocycles. The number of rotatable bonds is 8. The number of nitrogens with zero attached hydrogens (tertiary/aromatic N) is 2. The van der Waals surface area contributed by atoms with Crippen LogP contribution < -0.4 is 5.32 Å². The summed E-state index contributed by atoms with van der Waals surface area (Å²) in [6.07, 6.45) is 0.224. The van der Waals surface area contributed by atoms with Gasteiger partial charge >= 0.3 is 0 Å². The van der Waals surface area contributed by atoms with E-state index in [4.69, 9.17) is 10.00 Å². The topological polar surface area (TPSA) is 65.4 Å². The summed E-state index contributed by atoms with van der Waals surface area (Å²) in [7, 11) is 1.54. The van der Waals surface area contributed by atoms with Gasteiger partial charge in [-0.3, -0.25) is 4.79 Å². The van der Waals surface area contributed by atoms with Crippen LogP contribution in [0.2, 0.25) is 0 Å². The van der Waals surface area contributed by atoms with Gasteiger partial charge in [-0.2, -0.15) is 5.26 Å². The van der Waals surface area contributed by atoms with Crippen LogP contribution in [0.3, 0.4) is 0 Å². The van der Waals surface area contributed by atoms with E-state index in [2.05, 4.69) is 5.32 Å². The Morgan fingerprint density at radius 1 is 1.48 bits per heavy atom. The summed E-state index contributed by atoms with van der Waals surface area (Å²) in [5.74, 6) is -0.771. The Morgan fingerprint density at radius 2 is 2.24 bits per heavy atom. The van der Waals surface area contributed by atoms with Crippen LogP contribution in [-0.4, -0.2) is 44.2 Å². The Balaban J connectivity index is 3.02. The van der Waals surface area contributed by atoms with E-state index in [-0.39, 0.29) is 23.6 Å². The molecule has 0 unspecified atom stereocenters. The molecule has 21 heavy (non-hydrogen) atoms. The Hall–Kier alpha value is -2.13. The number of nitriles is 1. The maximum Gasteiger partial charge on any atom is 0.256 e. The van der Waals surface area contributed by atoms with Crippen molar-refractivity contribution in [2.75, 3.05) is 38.7 Å². The number of hydrogen-bond acceptors (Lipinski definition) is 4. The maximum atomic E-state index is 13.9. The van der Waals surface area contributed by atoms with Gasteiger partial charge in [-0.15, -0.1) is 0 Å². The van der Waals surface area contributed by atoms with Crippen molar-refractivity contribution in [3.05, 3.63) is 29.6 Å². The average Bonchev–Trinajstić information content (AvgIpc) is 2.49. The van der Waals surface area contributed by atoms with Crippen molar-refractivity contribution in [1.82, 2.24) is 4.90 Å².